The zero-order valence-corrected chi connectivity index (χ0v) is 4.28. The summed E-state index contributed by atoms with van der Waals surface area (Å²) in [5, 5.41) is 0. The summed E-state index contributed by atoms with van der Waals surface area (Å²) in [6.45, 7) is 2.23. The van der Waals surface area contributed by atoms with E-state index in [0.717, 1.165) is 18.8 Å². The van der Waals surface area contributed by atoms with E-state index in [2.05, 4.69) is 6.92 Å². The van der Waals surface area contributed by atoms with Crippen molar-refractivity contribution < 1.29 is 1.37 Å². The maximum Gasteiger partial charge on any atom is 0.0267 e. The van der Waals surface area contributed by atoms with Gasteiger partial charge in [0.25, 0.3) is 0 Å². The Bertz CT molecular complexity index is 53.2. The lowest BCUT2D eigenvalue weighted by Gasteiger charge is -1.91. The highest BCUT2D eigenvalue weighted by Gasteiger charge is 2.07. The Hall–Kier alpha value is 0. The fourth-order valence-corrected chi connectivity index (χ4v) is 0.923. The minimum atomic E-state index is 0.273. The van der Waals surface area contributed by atoms with E-state index < -0.39 is 0 Å². The average Bonchev–Trinajstić information content (AvgIpc) is 1.87. The minimum absolute atomic E-state index is 0.273. The third-order valence-corrected chi connectivity index (χ3v) is 1.43. The molecule has 0 bridgehead atoms. The Morgan fingerprint density at radius 3 is 2.67 bits per heavy atom. The third-order valence-electron chi connectivity index (χ3n) is 1.43. The number of hydrogen-bond acceptors (Lipinski definition) is 0. The monoisotopic (exact) mass is 85.1 g/mol. The summed E-state index contributed by atoms with van der Waals surface area (Å²) in [5.41, 5.74) is 0. The molecular weight excluding hydrogens is 72.1 g/mol. The van der Waals surface area contributed by atoms with Crippen molar-refractivity contribution in [2.24, 2.45) is 5.92 Å². The van der Waals surface area contributed by atoms with Crippen LogP contribution in [-0.2, 0) is 0 Å². The van der Waals surface area contributed by atoms with Crippen molar-refractivity contribution in [1.82, 2.24) is 0 Å². The summed E-state index contributed by atoms with van der Waals surface area (Å²) in [6, 6.07) is 0. The summed E-state index contributed by atoms with van der Waals surface area (Å²) >= 11 is 0. The van der Waals surface area contributed by atoms with Gasteiger partial charge >= 0.3 is 0 Å². The summed E-state index contributed by atoms with van der Waals surface area (Å²) in [7, 11) is 0. The molecule has 0 heterocycles. The van der Waals surface area contributed by atoms with Crippen LogP contribution in [-0.4, -0.2) is 0 Å². The van der Waals surface area contributed by atoms with E-state index in [1.807, 2.05) is 0 Å². The van der Waals surface area contributed by atoms with Crippen LogP contribution in [0.25, 0.3) is 0 Å². The Kier molecular flexibility index (Phi) is 0.833. The summed E-state index contributed by atoms with van der Waals surface area (Å²) in [4.78, 5) is 0. The van der Waals surface area contributed by atoms with Crippen LogP contribution >= 0.6 is 0 Å². The van der Waals surface area contributed by atoms with Crippen LogP contribution in [0.15, 0.2) is 0 Å². The topological polar surface area (TPSA) is 0 Å². The number of rotatable bonds is 0. The van der Waals surface area contributed by atoms with E-state index in [-0.39, 0.29) is 6.40 Å². The average molecular weight is 85.2 g/mol. The zero-order valence-electron chi connectivity index (χ0n) is 5.28. The summed E-state index contributed by atoms with van der Waals surface area (Å²) < 4.78 is 7.26. The second-order valence-electron chi connectivity index (χ2n) is 2.21. The fraction of sp³-hybridized carbons (Fsp3) is 1.00. The van der Waals surface area contributed by atoms with Gasteiger partial charge in [-0.15, -0.1) is 0 Å². The van der Waals surface area contributed by atoms with E-state index in [1.165, 1.54) is 6.42 Å². The molecule has 0 amide bonds. The van der Waals surface area contributed by atoms with Crippen LogP contribution in [0.4, 0.5) is 0 Å². The van der Waals surface area contributed by atoms with Crippen LogP contribution in [0.3, 0.4) is 0 Å². The standard InChI is InChI=1S/C6H12/c1-6-4-2-3-5-6/h6H,2-5H2,1H3/i2D. The molecule has 0 aromatic carbocycles. The van der Waals surface area contributed by atoms with E-state index >= 15 is 0 Å². The SMILES string of the molecule is [2H]C1CCC(C)C1. The van der Waals surface area contributed by atoms with Gasteiger partial charge in [0.05, 0.1) is 0 Å². The second kappa shape index (κ2) is 1.63. The van der Waals surface area contributed by atoms with E-state index in [4.69, 9.17) is 1.37 Å². The van der Waals surface area contributed by atoms with Gasteiger partial charge < -0.3 is 0 Å². The van der Waals surface area contributed by atoms with Crippen molar-refractivity contribution in [3.05, 3.63) is 0 Å². The first-order valence-corrected chi connectivity index (χ1v) is 2.71. The quantitative estimate of drug-likeness (QED) is 0.423. The second-order valence-corrected chi connectivity index (χ2v) is 2.21. The smallest absolute Gasteiger partial charge is 0.0267 e. The van der Waals surface area contributed by atoms with Gasteiger partial charge in [-0.3, -0.25) is 0 Å². The van der Waals surface area contributed by atoms with Crippen molar-refractivity contribution in [1.29, 1.82) is 0 Å². The predicted molar refractivity (Wildman–Crippen MR) is 27.6 cm³/mol. The fourth-order valence-electron chi connectivity index (χ4n) is 0.923. The largest absolute Gasteiger partial charge is 0.0625 e. The predicted octanol–water partition coefficient (Wildman–Crippen LogP) is 2.20. The van der Waals surface area contributed by atoms with Gasteiger partial charge in [-0.1, -0.05) is 32.6 Å². The first-order valence-electron chi connectivity index (χ1n) is 3.29. The lowest BCUT2D eigenvalue weighted by molar-refractivity contribution is 0.612. The van der Waals surface area contributed by atoms with Gasteiger partial charge in [-0.25, -0.2) is 0 Å². The lowest BCUT2D eigenvalue weighted by atomic mass is 10.2. The number of hydrogen-bond donors (Lipinski definition) is 0. The van der Waals surface area contributed by atoms with Crippen LogP contribution in [0.5, 0.6) is 0 Å². The molecule has 0 heteroatoms. The highest BCUT2D eigenvalue weighted by Crippen LogP contribution is 2.22. The maximum absolute atomic E-state index is 7.26. The van der Waals surface area contributed by atoms with Gasteiger partial charge in [-0.2, -0.15) is 0 Å². The van der Waals surface area contributed by atoms with Crippen LogP contribution < -0.4 is 0 Å². The Morgan fingerprint density at radius 1 is 1.67 bits per heavy atom. The highest BCUT2D eigenvalue weighted by atomic mass is 14.1. The maximum atomic E-state index is 7.26. The van der Waals surface area contributed by atoms with Crippen LogP contribution in [0.1, 0.15) is 34.0 Å². The third kappa shape index (κ3) is 0.735. The van der Waals surface area contributed by atoms with Gasteiger partial charge in [0.15, 0.2) is 0 Å². The van der Waals surface area contributed by atoms with E-state index in [0.29, 0.717) is 0 Å². The first kappa shape index (κ1) is 3.06. The zero-order chi connectivity index (χ0) is 5.28. The van der Waals surface area contributed by atoms with Gasteiger partial charge in [-0.05, 0) is 5.92 Å². The molecule has 0 N–H and O–H groups in total. The Labute approximate surface area is 41.0 Å². The first-order chi connectivity index (χ1) is 3.29. The summed E-state index contributed by atoms with van der Waals surface area (Å²) in [6.07, 6.45) is 3.84. The van der Waals surface area contributed by atoms with Crippen molar-refractivity contribution in [2.75, 3.05) is 0 Å². The van der Waals surface area contributed by atoms with Crippen molar-refractivity contribution >= 4 is 0 Å². The normalized spacial score (nSPS) is 49.2. The molecule has 1 saturated carbocycles. The molecule has 0 aliphatic heterocycles. The molecule has 2 unspecified atom stereocenters. The molecule has 0 spiro atoms. The molecule has 1 aliphatic rings. The Balaban J connectivity index is 2.26. The molecule has 0 saturated heterocycles. The lowest BCUT2D eigenvalue weighted by Crippen LogP contribution is -1.78. The molecule has 0 aromatic rings. The minimum Gasteiger partial charge on any atom is -0.0625 e. The van der Waals surface area contributed by atoms with Gasteiger partial charge in [0.1, 0.15) is 0 Å². The van der Waals surface area contributed by atoms with Crippen molar-refractivity contribution in [2.45, 2.75) is 32.6 Å². The summed E-state index contributed by atoms with van der Waals surface area (Å²) in [5.74, 6) is 0.836. The van der Waals surface area contributed by atoms with Crippen LogP contribution in [0, 0.1) is 5.92 Å². The molecule has 0 aromatic heterocycles. The van der Waals surface area contributed by atoms with Gasteiger partial charge in [0, 0.05) is 1.37 Å². The van der Waals surface area contributed by atoms with E-state index in [9.17, 15) is 0 Å². The molecular formula is C6H12. The molecule has 2 atom stereocenters. The molecule has 1 aliphatic carbocycles. The molecule has 1 fully saturated rings. The molecule has 36 valence electrons. The van der Waals surface area contributed by atoms with E-state index in [1.54, 1.807) is 0 Å². The highest BCUT2D eigenvalue weighted by molar-refractivity contribution is 4.60. The molecule has 0 radical (unpaired) electrons. The van der Waals surface area contributed by atoms with Crippen LogP contribution in [0.2, 0.25) is 0 Å². The van der Waals surface area contributed by atoms with Crippen molar-refractivity contribution in [3.8, 4) is 0 Å². The Morgan fingerprint density at radius 2 is 2.50 bits per heavy atom. The van der Waals surface area contributed by atoms with Gasteiger partial charge in [0.2, 0.25) is 0 Å². The van der Waals surface area contributed by atoms with Crippen molar-refractivity contribution in [3.63, 3.8) is 0 Å². The molecule has 1 rings (SSSR count). The molecule has 6 heavy (non-hydrogen) atoms. The molecule has 0 nitrogen and oxygen atoms in total.